The summed E-state index contributed by atoms with van der Waals surface area (Å²) in [6, 6.07) is 1.95. The quantitative estimate of drug-likeness (QED) is 0.691. The number of allylic oxidation sites excluding steroid dienone is 1. The van der Waals surface area contributed by atoms with Crippen molar-refractivity contribution >= 4 is 28.9 Å². The van der Waals surface area contributed by atoms with E-state index in [9.17, 15) is 9.00 Å². The Morgan fingerprint density at radius 1 is 1.19 bits per heavy atom. The monoisotopic (exact) mass is 374 g/mol. The largest absolute Gasteiger partial charge is 0.390 e. The highest BCUT2D eigenvalue weighted by Gasteiger charge is 2.25. The van der Waals surface area contributed by atoms with Crippen molar-refractivity contribution in [3.05, 3.63) is 39.4 Å². The minimum absolute atomic E-state index is 0.0630. The Morgan fingerprint density at radius 2 is 1.81 bits per heavy atom. The predicted molar refractivity (Wildman–Crippen MR) is 107 cm³/mol. The zero-order chi connectivity index (χ0) is 18.7. The highest BCUT2D eigenvalue weighted by atomic mass is 32.2. The van der Waals surface area contributed by atoms with Crippen LogP contribution < -0.4 is 15.8 Å². The highest BCUT2D eigenvalue weighted by molar-refractivity contribution is 7.87. The Balaban J connectivity index is 1.71. The number of benzene rings is 1. The zero-order valence-corrected chi connectivity index (χ0v) is 16.1. The van der Waals surface area contributed by atoms with Gasteiger partial charge in [0.25, 0.3) is 0 Å². The second-order valence-electron chi connectivity index (χ2n) is 7.02. The molecule has 7 heteroatoms. The van der Waals surface area contributed by atoms with Crippen LogP contribution in [-0.4, -0.2) is 22.5 Å². The maximum absolute atomic E-state index is 12.4. The first-order chi connectivity index (χ1) is 12.5. The molecule has 3 rings (SSSR count). The average molecular weight is 375 g/mol. The van der Waals surface area contributed by atoms with Crippen molar-refractivity contribution in [3.63, 3.8) is 0 Å². The van der Waals surface area contributed by atoms with Crippen molar-refractivity contribution in [2.24, 2.45) is 10.7 Å². The van der Waals surface area contributed by atoms with Crippen molar-refractivity contribution in [2.45, 2.75) is 58.4 Å². The van der Waals surface area contributed by atoms with Gasteiger partial charge in [-0.15, -0.1) is 0 Å². The molecule has 0 spiro atoms. The second kappa shape index (κ2) is 8.03. The number of anilines is 1. The molecule has 0 aliphatic heterocycles. The summed E-state index contributed by atoms with van der Waals surface area (Å²) >= 11 is 0. The lowest BCUT2D eigenvalue weighted by atomic mass is 9.99. The number of urea groups is 1. The van der Waals surface area contributed by atoms with Gasteiger partial charge in [0.1, 0.15) is 5.03 Å². The summed E-state index contributed by atoms with van der Waals surface area (Å²) < 4.78 is 14.6. The standard InChI is InChI=1S/C19H26N4O2S/c1-12(2)21-10-9-17(20)26(25)23-19(24)22-18-15-7-3-5-13(15)11-14-6-4-8-16(14)18/h9-12H,3-8,20H2,1-2H3,(H2,22,23,24)/b17-9+,21-10?. The number of aliphatic imine (C=N–C) groups is 1. The molecule has 0 heterocycles. The van der Waals surface area contributed by atoms with Gasteiger partial charge in [0.05, 0.1) is 0 Å². The average Bonchev–Trinajstić information content (AvgIpc) is 3.22. The Kier molecular flexibility index (Phi) is 5.76. The Hall–Kier alpha value is -2.15. The van der Waals surface area contributed by atoms with Crippen LogP contribution in [0.25, 0.3) is 0 Å². The summed E-state index contributed by atoms with van der Waals surface area (Å²) in [5.74, 6) is 0. The second-order valence-corrected chi connectivity index (χ2v) is 8.23. The smallest absolute Gasteiger partial charge is 0.331 e. The van der Waals surface area contributed by atoms with Gasteiger partial charge in [-0.25, -0.2) is 9.00 Å². The fourth-order valence-electron chi connectivity index (χ4n) is 3.60. The molecule has 0 saturated carbocycles. The third-order valence-electron chi connectivity index (χ3n) is 4.73. The third kappa shape index (κ3) is 4.15. The fourth-order valence-corrected chi connectivity index (χ4v) is 4.12. The molecule has 0 saturated heterocycles. The van der Waals surface area contributed by atoms with Crippen molar-refractivity contribution in [2.75, 3.05) is 5.32 Å². The molecule has 2 amide bonds. The van der Waals surface area contributed by atoms with Crippen molar-refractivity contribution < 1.29 is 9.00 Å². The van der Waals surface area contributed by atoms with Crippen molar-refractivity contribution in [3.8, 4) is 0 Å². The number of amides is 2. The normalized spacial score (nSPS) is 17.4. The summed E-state index contributed by atoms with van der Waals surface area (Å²) in [5, 5.41) is 3.01. The molecule has 26 heavy (non-hydrogen) atoms. The molecule has 1 aromatic rings. The topological polar surface area (TPSA) is 96.6 Å². The van der Waals surface area contributed by atoms with Gasteiger partial charge in [0.2, 0.25) is 0 Å². The molecular formula is C19H26N4O2S. The molecule has 0 fully saturated rings. The molecule has 1 aromatic carbocycles. The van der Waals surface area contributed by atoms with Gasteiger partial charge >= 0.3 is 6.03 Å². The van der Waals surface area contributed by atoms with Crippen LogP contribution in [0.1, 0.15) is 48.9 Å². The van der Waals surface area contributed by atoms with E-state index in [1.54, 1.807) is 0 Å². The van der Waals surface area contributed by atoms with Crippen molar-refractivity contribution in [1.82, 2.24) is 4.72 Å². The van der Waals surface area contributed by atoms with Crippen LogP contribution in [0.4, 0.5) is 10.5 Å². The Morgan fingerprint density at radius 3 is 2.38 bits per heavy atom. The summed E-state index contributed by atoms with van der Waals surface area (Å²) in [6.45, 7) is 3.86. The summed E-state index contributed by atoms with van der Waals surface area (Å²) in [4.78, 5) is 16.5. The van der Waals surface area contributed by atoms with E-state index in [-0.39, 0.29) is 11.1 Å². The van der Waals surface area contributed by atoms with Gasteiger partial charge in [-0.2, -0.15) is 0 Å². The highest BCUT2D eigenvalue weighted by Crippen LogP contribution is 2.38. The van der Waals surface area contributed by atoms with E-state index >= 15 is 0 Å². The van der Waals surface area contributed by atoms with Gasteiger partial charge in [0.15, 0.2) is 11.0 Å². The van der Waals surface area contributed by atoms with E-state index in [1.807, 2.05) is 13.8 Å². The molecule has 140 valence electrons. The first kappa shape index (κ1) is 18.6. The minimum Gasteiger partial charge on any atom is -0.390 e. The van der Waals surface area contributed by atoms with E-state index in [0.717, 1.165) is 44.2 Å². The first-order valence-electron chi connectivity index (χ1n) is 9.10. The van der Waals surface area contributed by atoms with Crippen LogP contribution in [-0.2, 0) is 36.7 Å². The number of fused-ring (bicyclic) bond motifs is 2. The molecular weight excluding hydrogens is 348 g/mol. The number of nitrogens with two attached hydrogens (primary N) is 1. The Bertz CT molecular complexity index is 767. The number of carbonyl (C=O) groups is 1. The lowest BCUT2D eigenvalue weighted by molar-refractivity contribution is 0.257. The maximum atomic E-state index is 12.4. The number of hydrogen-bond donors (Lipinski definition) is 3. The van der Waals surface area contributed by atoms with Crippen molar-refractivity contribution in [1.29, 1.82) is 0 Å². The fraction of sp³-hybridized carbons (Fsp3) is 0.474. The molecule has 2 aliphatic carbocycles. The van der Waals surface area contributed by atoms with Crippen LogP contribution in [0.5, 0.6) is 0 Å². The number of carbonyl (C=O) groups excluding carboxylic acids is 1. The van der Waals surface area contributed by atoms with Crippen LogP contribution in [0.3, 0.4) is 0 Å². The van der Waals surface area contributed by atoms with E-state index in [2.05, 4.69) is 21.1 Å². The molecule has 4 N–H and O–H groups in total. The van der Waals surface area contributed by atoms with Crippen LogP contribution in [0.15, 0.2) is 22.2 Å². The van der Waals surface area contributed by atoms with E-state index in [1.165, 1.54) is 34.5 Å². The third-order valence-corrected chi connectivity index (χ3v) is 5.67. The Labute approximate surface area is 156 Å². The number of aryl methyl sites for hydroxylation is 2. The van der Waals surface area contributed by atoms with E-state index < -0.39 is 17.0 Å². The SMILES string of the molecule is CC(C)N=C/C=C(\N)S(=O)NC(=O)Nc1c2c(cc3c1CCC3)CCC2. The summed E-state index contributed by atoms with van der Waals surface area (Å²) in [5.41, 5.74) is 11.8. The lowest BCUT2D eigenvalue weighted by Gasteiger charge is -2.16. The predicted octanol–water partition coefficient (Wildman–Crippen LogP) is 2.73. The molecule has 0 bridgehead atoms. The van der Waals surface area contributed by atoms with Crippen LogP contribution in [0, 0.1) is 0 Å². The van der Waals surface area contributed by atoms with Gasteiger partial charge in [-0.3, -0.25) is 9.71 Å². The maximum Gasteiger partial charge on any atom is 0.331 e. The molecule has 0 radical (unpaired) electrons. The minimum atomic E-state index is -1.79. The zero-order valence-electron chi connectivity index (χ0n) is 15.3. The number of nitrogens with one attached hydrogen (secondary N) is 2. The molecule has 1 atom stereocenters. The van der Waals surface area contributed by atoms with Gasteiger partial charge in [-0.05, 0) is 80.7 Å². The van der Waals surface area contributed by atoms with E-state index in [4.69, 9.17) is 5.73 Å². The van der Waals surface area contributed by atoms with Gasteiger partial charge in [0, 0.05) is 17.9 Å². The summed E-state index contributed by atoms with van der Waals surface area (Å²) in [7, 11) is -1.79. The lowest BCUT2D eigenvalue weighted by Crippen LogP contribution is -2.33. The molecule has 2 aliphatic rings. The summed E-state index contributed by atoms with van der Waals surface area (Å²) in [6.07, 6.45) is 9.29. The van der Waals surface area contributed by atoms with E-state index in [0.29, 0.717) is 0 Å². The molecule has 6 nitrogen and oxygen atoms in total. The molecule has 1 unspecified atom stereocenters. The number of hydrogen-bond acceptors (Lipinski definition) is 4. The van der Waals surface area contributed by atoms with Gasteiger partial charge in [-0.1, -0.05) is 6.07 Å². The number of rotatable bonds is 5. The molecule has 0 aromatic heterocycles. The van der Waals surface area contributed by atoms with Crippen LogP contribution >= 0.6 is 0 Å². The van der Waals surface area contributed by atoms with Gasteiger partial charge < -0.3 is 11.1 Å². The van der Waals surface area contributed by atoms with Crippen LogP contribution in [0.2, 0.25) is 0 Å². The number of nitrogens with zero attached hydrogens (tertiary/aromatic N) is 1. The first-order valence-corrected chi connectivity index (χ1v) is 10.3.